The number of likely N-dealkylation sites (tertiary alicyclic amines) is 1. The molecule has 23 heavy (non-hydrogen) atoms. The van der Waals surface area contributed by atoms with E-state index in [0.717, 1.165) is 62.8 Å². The molecule has 1 aromatic rings. The zero-order valence-electron chi connectivity index (χ0n) is 13.2. The van der Waals surface area contributed by atoms with Gasteiger partial charge in [0.25, 0.3) is 0 Å². The quantitative estimate of drug-likeness (QED) is 0.847. The average Bonchev–Trinajstić information content (AvgIpc) is 2.62. The Labute approximate surface area is 142 Å². The summed E-state index contributed by atoms with van der Waals surface area (Å²) in [5.41, 5.74) is 7.66. The molecule has 2 aliphatic rings. The Morgan fingerprint density at radius 2 is 1.70 bits per heavy atom. The number of anilines is 1. The van der Waals surface area contributed by atoms with Crippen molar-refractivity contribution >= 4 is 28.8 Å². The largest absolute Gasteiger partial charge is 0.378 e. The summed E-state index contributed by atoms with van der Waals surface area (Å²) in [5.74, 6) is -0.192. The first kappa shape index (κ1) is 16.2. The van der Waals surface area contributed by atoms with Crippen molar-refractivity contribution in [3.05, 3.63) is 29.8 Å². The van der Waals surface area contributed by atoms with Gasteiger partial charge in [0.15, 0.2) is 0 Å². The molecule has 1 amide bonds. The highest BCUT2D eigenvalue weighted by Gasteiger charge is 2.24. The van der Waals surface area contributed by atoms with Crippen molar-refractivity contribution in [2.45, 2.75) is 12.8 Å². The van der Waals surface area contributed by atoms with Crippen LogP contribution in [0.25, 0.3) is 0 Å². The van der Waals surface area contributed by atoms with E-state index in [1.165, 1.54) is 5.69 Å². The summed E-state index contributed by atoms with van der Waals surface area (Å²) >= 11 is 5.62. The third-order valence-electron chi connectivity index (χ3n) is 4.68. The number of carbonyl (C=O) groups is 1. The topological polar surface area (TPSA) is 58.8 Å². The van der Waals surface area contributed by atoms with Gasteiger partial charge < -0.3 is 20.3 Å². The van der Waals surface area contributed by atoms with Crippen molar-refractivity contribution in [2.75, 3.05) is 44.3 Å². The zero-order chi connectivity index (χ0) is 16.2. The number of carbonyl (C=O) groups excluding carboxylic acids is 1. The molecular weight excluding hydrogens is 310 g/mol. The van der Waals surface area contributed by atoms with Crippen LogP contribution in [0.4, 0.5) is 5.69 Å². The number of thiocarbonyl (C=S) groups is 1. The maximum absolute atomic E-state index is 11.2. The first-order valence-corrected chi connectivity index (χ1v) is 8.57. The van der Waals surface area contributed by atoms with Gasteiger partial charge in [-0.1, -0.05) is 12.2 Å². The first-order chi connectivity index (χ1) is 11.1. The molecular formula is C17H23N3O2S. The Bertz CT molecular complexity index is 562. The average molecular weight is 333 g/mol. The fourth-order valence-electron chi connectivity index (χ4n) is 3.19. The van der Waals surface area contributed by atoms with Crippen molar-refractivity contribution in [2.24, 2.45) is 11.7 Å². The van der Waals surface area contributed by atoms with Crippen molar-refractivity contribution in [3.63, 3.8) is 0 Å². The van der Waals surface area contributed by atoms with Gasteiger partial charge in [-0.25, -0.2) is 0 Å². The molecule has 0 unspecified atom stereocenters. The number of benzene rings is 1. The number of nitrogens with two attached hydrogens (primary N) is 1. The van der Waals surface area contributed by atoms with Crippen molar-refractivity contribution in [1.29, 1.82) is 0 Å². The molecule has 2 aliphatic heterocycles. The fraction of sp³-hybridized carbons (Fsp3) is 0.529. The lowest BCUT2D eigenvalue weighted by Crippen LogP contribution is -2.41. The van der Waals surface area contributed by atoms with Crippen LogP contribution in [0.15, 0.2) is 24.3 Å². The molecule has 2 N–H and O–H groups in total. The van der Waals surface area contributed by atoms with Crippen LogP contribution in [-0.2, 0) is 9.53 Å². The van der Waals surface area contributed by atoms with E-state index >= 15 is 0 Å². The van der Waals surface area contributed by atoms with Crippen LogP contribution in [0.5, 0.6) is 0 Å². The van der Waals surface area contributed by atoms with Crippen LogP contribution >= 0.6 is 12.2 Å². The molecule has 2 heterocycles. The Balaban J connectivity index is 1.60. The Kier molecular flexibility index (Phi) is 5.13. The normalized spacial score (nSPS) is 19.7. The Morgan fingerprint density at radius 3 is 2.26 bits per heavy atom. The Hall–Kier alpha value is -1.66. The second kappa shape index (κ2) is 7.27. The van der Waals surface area contributed by atoms with Crippen LogP contribution in [-0.4, -0.2) is 55.2 Å². The second-order valence-electron chi connectivity index (χ2n) is 6.12. The van der Waals surface area contributed by atoms with E-state index in [4.69, 9.17) is 22.7 Å². The summed E-state index contributed by atoms with van der Waals surface area (Å²) in [6.07, 6.45) is 1.59. The molecule has 1 aromatic carbocycles. The number of primary amides is 1. The standard InChI is InChI=1S/C17H23N3O2S/c18-16(21)13-5-7-20(8-6-13)17(23)14-1-3-15(4-2-14)19-9-11-22-12-10-19/h1-4,13H,5-12H2,(H2,18,21). The summed E-state index contributed by atoms with van der Waals surface area (Å²) in [4.78, 5) is 16.6. The number of rotatable bonds is 3. The van der Waals surface area contributed by atoms with Crippen molar-refractivity contribution in [3.8, 4) is 0 Å². The van der Waals surface area contributed by atoms with E-state index in [9.17, 15) is 4.79 Å². The molecule has 124 valence electrons. The lowest BCUT2D eigenvalue weighted by atomic mass is 9.96. The van der Waals surface area contributed by atoms with E-state index in [2.05, 4.69) is 34.1 Å². The third kappa shape index (κ3) is 3.82. The van der Waals surface area contributed by atoms with Gasteiger partial charge in [0.2, 0.25) is 5.91 Å². The molecule has 0 atom stereocenters. The zero-order valence-corrected chi connectivity index (χ0v) is 14.1. The van der Waals surface area contributed by atoms with E-state index in [1.54, 1.807) is 0 Å². The van der Waals surface area contributed by atoms with Crippen LogP contribution in [0, 0.1) is 5.92 Å². The maximum Gasteiger partial charge on any atom is 0.220 e. The second-order valence-corrected chi connectivity index (χ2v) is 6.50. The minimum absolute atomic E-state index is 0.00209. The van der Waals surface area contributed by atoms with Gasteiger partial charge >= 0.3 is 0 Å². The summed E-state index contributed by atoms with van der Waals surface area (Å²) in [6, 6.07) is 8.44. The lowest BCUT2D eigenvalue weighted by Gasteiger charge is -2.33. The minimum atomic E-state index is -0.189. The number of nitrogens with zero attached hydrogens (tertiary/aromatic N) is 2. The van der Waals surface area contributed by atoms with Gasteiger partial charge in [-0.3, -0.25) is 4.79 Å². The van der Waals surface area contributed by atoms with Crippen LogP contribution in [0.2, 0.25) is 0 Å². The van der Waals surface area contributed by atoms with Gasteiger partial charge in [0.1, 0.15) is 4.99 Å². The van der Waals surface area contributed by atoms with Crippen molar-refractivity contribution < 1.29 is 9.53 Å². The summed E-state index contributed by atoms with van der Waals surface area (Å²) in [5, 5.41) is 0. The van der Waals surface area contributed by atoms with Gasteiger partial charge in [0, 0.05) is 43.3 Å². The van der Waals surface area contributed by atoms with Gasteiger partial charge in [0.05, 0.1) is 13.2 Å². The van der Waals surface area contributed by atoms with Gasteiger partial charge in [-0.15, -0.1) is 0 Å². The molecule has 0 spiro atoms. The molecule has 5 nitrogen and oxygen atoms in total. The highest BCUT2D eigenvalue weighted by molar-refractivity contribution is 7.80. The number of morpholine rings is 1. The van der Waals surface area contributed by atoms with E-state index < -0.39 is 0 Å². The molecule has 0 aliphatic carbocycles. The summed E-state index contributed by atoms with van der Waals surface area (Å²) in [6.45, 7) is 5.05. The number of ether oxygens (including phenoxy) is 1. The maximum atomic E-state index is 11.2. The molecule has 0 radical (unpaired) electrons. The van der Waals surface area contributed by atoms with Crippen molar-refractivity contribution in [1.82, 2.24) is 4.90 Å². The van der Waals surface area contributed by atoms with Crippen LogP contribution < -0.4 is 10.6 Å². The molecule has 3 rings (SSSR count). The number of amides is 1. The number of hydrogen-bond acceptors (Lipinski definition) is 4. The molecule has 0 bridgehead atoms. The minimum Gasteiger partial charge on any atom is -0.378 e. The fourth-order valence-corrected chi connectivity index (χ4v) is 3.50. The first-order valence-electron chi connectivity index (χ1n) is 8.16. The highest BCUT2D eigenvalue weighted by Crippen LogP contribution is 2.21. The SMILES string of the molecule is NC(=O)C1CCN(C(=S)c2ccc(N3CCOCC3)cc2)CC1. The van der Waals surface area contributed by atoms with Crippen LogP contribution in [0.1, 0.15) is 18.4 Å². The Morgan fingerprint density at radius 1 is 1.09 bits per heavy atom. The molecule has 6 heteroatoms. The van der Waals surface area contributed by atoms with E-state index in [1.807, 2.05) is 0 Å². The highest BCUT2D eigenvalue weighted by atomic mass is 32.1. The predicted molar refractivity (Wildman–Crippen MR) is 94.7 cm³/mol. The number of hydrogen-bond donors (Lipinski definition) is 1. The molecule has 2 saturated heterocycles. The number of piperidine rings is 1. The van der Waals surface area contributed by atoms with Crippen LogP contribution in [0.3, 0.4) is 0 Å². The van der Waals surface area contributed by atoms with Gasteiger partial charge in [-0.05, 0) is 37.1 Å². The van der Waals surface area contributed by atoms with E-state index in [-0.39, 0.29) is 11.8 Å². The summed E-state index contributed by atoms with van der Waals surface area (Å²) in [7, 11) is 0. The predicted octanol–water partition coefficient (Wildman–Crippen LogP) is 1.40. The molecule has 0 saturated carbocycles. The monoisotopic (exact) mass is 333 g/mol. The lowest BCUT2D eigenvalue weighted by molar-refractivity contribution is -0.122. The smallest absolute Gasteiger partial charge is 0.220 e. The van der Waals surface area contributed by atoms with E-state index in [0.29, 0.717) is 0 Å². The molecule has 0 aromatic heterocycles. The van der Waals surface area contributed by atoms with Gasteiger partial charge in [-0.2, -0.15) is 0 Å². The third-order valence-corrected chi connectivity index (χ3v) is 5.17. The molecule has 2 fully saturated rings. The summed E-state index contributed by atoms with van der Waals surface area (Å²) < 4.78 is 5.39.